The van der Waals surface area contributed by atoms with Crippen LogP contribution < -0.4 is 19.5 Å². The Bertz CT molecular complexity index is 1230. The van der Waals surface area contributed by atoms with Gasteiger partial charge < -0.3 is 24.4 Å². The fraction of sp³-hybridized carbons (Fsp3) is 0.441. The maximum Gasteiger partial charge on any atom is 0.222 e. The number of ether oxygens (including phenoxy) is 3. The summed E-state index contributed by atoms with van der Waals surface area (Å²) in [6, 6.07) is 16.9. The van der Waals surface area contributed by atoms with E-state index < -0.39 is 0 Å². The van der Waals surface area contributed by atoms with Gasteiger partial charge in [-0.3, -0.25) is 9.69 Å². The number of amides is 1. The summed E-state index contributed by atoms with van der Waals surface area (Å²) in [6.45, 7) is 5.59. The summed E-state index contributed by atoms with van der Waals surface area (Å²) in [4.78, 5) is 17.3. The van der Waals surface area contributed by atoms with E-state index in [1.54, 1.807) is 45.6 Å². The van der Waals surface area contributed by atoms with E-state index in [-0.39, 0.29) is 23.5 Å². The van der Waals surface area contributed by atoms with Crippen molar-refractivity contribution < 1.29 is 27.8 Å². The number of carbonyl (C=O) groups is 1. The second-order valence-electron chi connectivity index (χ2n) is 10.8. The van der Waals surface area contributed by atoms with E-state index >= 15 is 0 Å². The molecule has 0 aromatic heterocycles. The number of unbranched alkanes of at least 4 members (excludes halogenated alkanes) is 1. The van der Waals surface area contributed by atoms with Crippen molar-refractivity contribution in [3.8, 4) is 17.2 Å². The van der Waals surface area contributed by atoms with Gasteiger partial charge in [0.25, 0.3) is 0 Å². The summed E-state index contributed by atoms with van der Waals surface area (Å²) in [5, 5.41) is 3.48. The summed E-state index contributed by atoms with van der Waals surface area (Å²) in [7, 11) is 4.82. The number of benzene rings is 3. The summed E-state index contributed by atoms with van der Waals surface area (Å²) in [6.07, 6.45) is 2.95. The molecular weight excluding hydrogens is 552 g/mol. The Hall–Kier alpha value is -3.69. The second-order valence-corrected chi connectivity index (χ2v) is 10.8. The first-order valence-electron chi connectivity index (χ1n) is 14.9. The molecule has 4 rings (SSSR count). The molecule has 0 saturated carbocycles. The van der Waals surface area contributed by atoms with Crippen LogP contribution in [0.3, 0.4) is 0 Å². The van der Waals surface area contributed by atoms with Gasteiger partial charge in [-0.15, -0.1) is 0 Å². The van der Waals surface area contributed by atoms with Crippen molar-refractivity contribution in [1.29, 1.82) is 0 Å². The molecule has 0 atom stereocenters. The van der Waals surface area contributed by atoms with Crippen LogP contribution in [0.25, 0.3) is 0 Å². The SMILES string of the molecule is COc1cc(CNCCN2CCN(C(=O)CCCCC(c3ccc(F)cc3)c3ccc(F)cc3)CC2)cc(OC)c1OC. The van der Waals surface area contributed by atoms with Gasteiger partial charge in [-0.05, 0) is 65.9 Å². The van der Waals surface area contributed by atoms with E-state index in [9.17, 15) is 13.6 Å². The summed E-state index contributed by atoms with van der Waals surface area (Å²) < 4.78 is 43.3. The quantitative estimate of drug-likeness (QED) is 0.230. The predicted octanol–water partition coefficient (Wildman–Crippen LogP) is 5.62. The molecule has 1 saturated heterocycles. The van der Waals surface area contributed by atoms with Crippen molar-refractivity contribution in [3.05, 3.63) is 89.0 Å². The lowest BCUT2D eigenvalue weighted by atomic mass is 9.87. The fourth-order valence-corrected chi connectivity index (χ4v) is 5.63. The number of hydrogen-bond acceptors (Lipinski definition) is 6. The third-order valence-corrected chi connectivity index (χ3v) is 8.06. The van der Waals surface area contributed by atoms with Crippen LogP contribution in [-0.2, 0) is 11.3 Å². The smallest absolute Gasteiger partial charge is 0.222 e. The topological polar surface area (TPSA) is 63.3 Å². The van der Waals surface area contributed by atoms with Crippen molar-refractivity contribution in [2.24, 2.45) is 0 Å². The number of methoxy groups -OCH3 is 3. The van der Waals surface area contributed by atoms with E-state index in [0.29, 0.717) is 30.2 Å². The lowest BCUT2D eigenvalue weighted by molar-refractivity contribution is -0.133. The Kier molecular flexibility index (Phi) is 12.2. The van der Waals surface area contributed by atoms with Crippen LogP contribution in [0.2, 0.25) is 0 Å². The van der Waals surface area contributed by atoms with Gasteiger partial charge in [-0.2, -0.15) is 0 Å². The Balaban J connectivity index is 1.16. The van der Waals surface area contributed by atoms with Crippen molar-refractivity contribution in [3.63, 3.8) is 0 Å². The molecule has 0 spiro atoms. The van der Waals surface area contributed by atoms with E-state index in [2.05, 4.69) is 10.2 Å². The van der Waals surface area contributed by atoms with E-state index in [0.717, 1.165) is 75.2 Å². The van der Waals surface area contributed by atoms with Gasteiger partial charge in [-0.1, -0.05) is 30.7 Å². The fourth-order valence-electron chi connectivity index (χ4n) is 5.63. The minimum atomic E-state index is -0.279. The molecule has 1 heterocycles. The average Bonchev–Trinajstić information content (AvgIpc) is 3.04. The monoisotopic (exact) mass is 595 g/mol. The summed E-state index contributed by atoms with van der Waals surface area (Å²) >= 11 is 0. The van der Waals surface area contributed by atoms with Crippen LogP contribution in [0.4, 0.5) is 8.78 Å². The number of carbonyl (C=O) groups excluding carboxylic acids is 1. The predicted molar refractivity (Wildman–Crippen MR) is 164 cm³/mol. The van der Waals surface area contributed by atoms with E-state index in [1.165, 1.54) is 24.3 Å². The third-order valence-electron chi connectivity index (χ3n) is 8.06. The Morgan fingerprint density at radius 1 is 0.814 bits per heavy atom. The molecule has 1 amide bonds. The van der Waals surface area contributed by atoms with Crippen LogP contribution in [-0.4, -0.2) is 76.3 Å². The zero-order chi connectivity index (χ0) is 30.6. The molecule has 1 aliphatic rings. The number of piperazine rings is 1. The lowest BCUT2D eigenvalue weighted by Crippen LogP contribution is -2.49. The largest absolute Gasteiger partial charge is 0.493 e. The van der Waals surface area contributed by atoms with E-state index in [1.807, 2.05) is 17.0 Å². The third kappa shape index (κ3) is 9.15. The molecule has 0 radical (unpaired) electrons. The number of hydrogen-bond donors (Lipinski definition) is 1. The minimum absolute atomic E-state index is 0.0298. The van der Waals surface area contributed by atoms with Crippen LogP contribution in [0, 0.1) is 11.6 Å². The average molecular weight is 596 g/mol. The Labute approximate surface area is 253 Å². The number of nitrogens with zero attached hydrogens (tertiary/aromatic N) is 2. The molecule has 7 nitrogen and oxygen atoms in total. The Morgan fingerprint density at radius 2 is 1.37 bits per heavy atom. The van der Waals surface area contributed by atoms with Gasteiger partial charge in [0.15, 0.2) is 11.5 Å². The lowest BCUT2D eigenvalue weighted by Gasteiger charge is -2.35. The molecule has 3 aromatic carbocycles. The van der Waals surface area contributed by atoms with Gasteiger partial charge in [0.1, 0.15) is 11.6 Å². The first kappa shape index (κ1) is 32.2. The van der Waals surface area contributed by atoms with E-state index in [4.69, 9.17) is 14.2 Å². The molecule has 43 heavy (non-hydrogen) atoms. The van der Waals surface area contributed by atoms with Crippen LogP contribution >= 0.6 is 0 Å². The van der Waals surface area contributed by atoms with Crippen LogP contribution in [0.1, 0.15) is 48.3 Å². The standard InChI is InChI=1S/C34H43F2N3O4/c1-41-31-22-25(23-32(42-2)34(31)43-3)24-37-16-17-38-18-20-39(21-19-38)33(40)7-5-4-6-30(26-8-12-28(35)13-9-26)27-10-14-29(36)15-11-27/h8-15,22-23,30,37H,4-7,16-21,24H2,1-3H3. The number of rotatable bonds is 15. The maximum atomic E-state index is 13.5. The molecule has 1 N–H and O–H groups in total. The van der Waals surface area contributed by atoms with Gasteiger partial charge >= 0.3 is 0 Å². The highest BCUT2D eigenvalue weighted by Gasteiger charge is 2.21. The minimum Gasteiger partial charge on any atom is -0.493 e. The molecular formula is C34H43F2N3O4. The van der Waals surface area contributed by atoms with Crippen LogP contribution in [0.15, 0.2) is 60.7 Å². The van der Waals surface area contributed by atoms with Crippen molar-refractivity contribution in [1.82, 2.24) is 15.1 Å². The normalized spacial score (nSPS) is 13.8. The highest BCUT2D eigenvalue weighted by atomic mass is 19.1. The molecule has 0 aliphatic carbocycles. The van der Waals surface area contributed by atoms with Crippen molar-refractivity contribution >= 4 is 5.91 Å². The summed E-state index contributed by atoms with van der Waals surface area (Å²) in [5.41, 5.74) is 3.04. The van der Waals surface area contributed by atoms with Crippen LogP contribution in [0.5, 0.6) is 17.2 Å². The zero-order valence-corrected chi connectivity index (χ0v) is 25.4. The van der Waals surface area contributed by atoms with Gasteiger partial charge in [0.2, 0.25) is 11.7 Å². The van der Waals surface area contributed by atoms with Gasteiger partial charge in [0, 0.05) is 58.2 Å². The van der Waals surface area contributed by atoms with Crippen molar-refractivity contribution in [2.45, 2.75) is 38.1 Å². The number of nitrogens with one attached hydrogen (secondary N) is 1. The highest BCUT2D eigenvalue weighted by Crippen LogP contribution is 2.38. The first-order chi connectivity index (χ1) is 20.9. The number of halogens is 2. The zero-order valence-electron chi connectivity index (χ0n) is 25.4. The molecule has 232 valence electrons. The summed E-state index contributed by atoms with van der Waals surface area (Å²) in [5.74, 6) is 1.53. The molecule has 1 fully saturated rings. The molecule has 3 aromatic rings. The molecule has 9 heteroatoms. The maximum absolute atomic E-state index is 13.5. The molecule has 0 unspecified atom stereocenters. The van der Waals surface area contributed by atoms with Gasteiger partial charge in [0.05, 0.1) is 21.3 Å². The molecule has 1 aliphatic heterocycles. The second kappa shape index (κ2) is 16.2. The first-order valence-corrected chi connectivity index (χ1v) is 14.9. The highest BCUT2D eigenvalue weighted by molar-refractivity contribution is 5.76. The van der Waals surface area contributed by atoms with Crippen molar-refractivity contribution in [2.75, 3.05) is 60.6 Å². The Morgan fingerprint density at radius 3 is 1.88 bits per heavy atom. The molecule has 0 bridgehead atoms. The van der Waals surface area contributed by atoms with Gasteiger partial charge in [-0.25, -0.2) is 8.78 Å².